The van der Waals surface area contributed by atoms with Crippen molar-refractivity contribution in [2.24, 2.45) is 0 Å². The van der Waals surface area contributed by atoms with E-state index in [1.807, 2.05) is 24.3 Å². The molecule has 2 heterocycles. The first-order valence-electron chi connectivity index (χ1n) is 7.89. The Morgan fingerprint density at radius 3 is 2.50 bits per heavy atom. The van der Waals surface area contributed by atoms with Crippen LogP contribution in [0.1, 0.15) is 19.3 Å². The van der Waals surface area contributed by atoms with Crippen molar-refractivity contribution in [2.45, 2.75) is 36.9 Å². The highest BCUT2D eigenvalue weighted by Crippen LogP contribution is 2.36. The molecule has 0 spiro atoms. The van der Waals surface area contributed by atoms with Gasteiger partial charge in [0.2, 0.25) is 0 Å². The summed E-state index contributed by atoms with van der Waals surface area (Å²) in [4.78, 5) is 2.35. The molecule has 1 aromatic carbocycles. The number of nitrogens with zero attached hydrogens (tertiary/aromatic N) is 1. The second-order valence-corrected chi connectivity index (χ2v) is 6.39. The highest BCUT2D eigenvalue weighted by atomic mass is 16.5. The second kappa shape index (κ2) is 6.44. The first kappa shape index (κ1) is 15.6. The number of para-hydroxylation sites is 2. The van der Waals surface area contributed by atoms with Gasteiger partial charge in [-0.25, -0.2) is 0 Å². The fraction of sp³-hybridized carbons (Fsp3) is 0.647. The Kier molecular flexibility index (Phi) is 4.57. The van der Waals surface area contributed by atoms with Crippen LogP contribution in [0.2, 0.25) is 0 Å². The number of hydrogen-bond acceptors (Lipinski definition) is 5. The van der Waals surface area contributed by atoms with Gasteiger partial charge >= 0.3 is 0 Å². The Hall–Kier alpha value is -1.30. The summed E-state index contributed by atoms with van der Waals surface area (Å²) in [5, 5.41) is 10.9. The third-order valence-corrected chi connectivity index (χ3v) is 4.90. The minimum absolute atomic E-state index is 0.309. The third-order valence-electron chi connectivity index (χ3n) is 4.90. The molecule has 2 fully saturated rings. The van der Waals surface area contributed by atoms with Crippen molar-refractivity contribution in [3.05, 3.63) is 24.3 Å². The van der Waals surface area contributed by atoms with E-state index >= 15 is 0 Å². The van der Waals surface area contributed by atoms with Crippen LogP contribution in [0.25, 0.3) is 0 Å². The van der Waals surface area contributed by atoms with Gasteiger partial charge in [0, 0.05) is 18.5 Å². The van der Waals surface area contributed by atoms with E-state index in [0.717, 1.165) is 24.3 Å². The Bertz CT molecular complexity index is 493. The van der Waals surface area contributed by atoms with E-state index < -0.39 is 5.60 Å². The number of piperidine rings is 1. The number of hydrogen-bond donors (Lipinski definition) is 1. The van der Waals surface area contributed by atoms with Gasteiger partial charge in [-0.05, 0) is 32.0 Å². The minimum atomic E-state index is -0.659. The van der Waals surface area contributed by atoms with Crippen molar-refractivity contribution >= 4 is 0 Å². The molecule has 1 N–H and O–H groups in total. The van der Waals surface area contributed by atoms with E-state index in [-0.39, 0.29) is 0 Å². The standard InChI is InChI=1S/C17H25NO4/c1-18-13-9-17(19,10-14(18)12-21-11-13)7-8-22-16-6-4-3-5-15(16)20-2/h3-6,13-14,19H,7-12H2,1-2H3. The van der Waals surface area contributed by atoms with Gasteiger partial charge in [0.15, 0.2) is 11.5 Å². The first-order chi connectivity index (χ1) is 10.6. The second-order valence-electron chi connectivity index (χ2n) is 6.39. The van der Waals surface area contributed by atoms with Crippen molar-refractivity contribution in [2.75, 3.05) is 34.0 Å². The number of aliphatic hydroxyl groups is 1. The van der Waals surface area contributed by atoms with Gasteiger partial charge in [0.05, 0.1) is 32.5 Å². The molecule has 0 radical (unpaired) electrons. The van der Waals surface area contributed by atoms with Gasteiger partial charge in [-0.3, -0.25) is 4.90 Å². The van der Waals surface area contributed by atoms with Gasteiger partial charge in [0.1, 0.15) is 0 Å². The third kappa shape index (κ3) is 3.21. The highest BCUT2D eigenvalue weighted by molar-refractivity contribution is 5.39. The average molecular weight is 307 g/mol. The molecule has 3 rings (SSSR count). The number of fused-ring (bicyclic) bond motifs is 2. The van der Waals surface area contributed by atoms with Crippen LogP contribution in [-0.4, -0.2) is 61.7 Å². The predicted molar refractivity (Wildman–Crippen MR) is 83.4 cm³/mol. The Labute approximate surface area is 131 Å². The maximum atomic E-state index is 10.9. The summed E-state index contributed by atoms with van der Waals surface area (Å²) in [5.74, 6) is 1.45. The van der Waals surface area contributed by atoms with Crippen LogP contribution in [0, 0.1) is 0 Å². The van der Waals surface area contributed by atoms with E-state index in [1.165, 1.54) is 0 Å². The molecule has 0 amide bonds. The van der Waals surface area contributed by atoms with Crippen LogP contribution in [-0.2, 0) is 4.74 Å². The lowest BCUT2D eigenvalue weighted by molar-refractivity contribution is -0.138. The fourth-order valence-corrected chi connectivity index (χ4v) is 3.53. The summed E-state index contributed by atoms with van der Waals surface area (Å²) >= 11 is 0. The van der Waals surface area contributed by atoms with Gasteiger partial charge < -0.3 is 19.3 Å². The number of morpholine rings is 1. The quantitative estimate of drug-likeness (QED) is 0.897. The molecule has 2 unspecified atom stereocenters. The number of rotatable bonds is 5. The molecule has 2 bridgehead atoms. The van der Waals surface area contributed by atoms with Crippen LogP contribution in [0.5, 0.6) is 11.5 Å². The first-order valence-corrected chi connectivity index (χ1v) is 7.89. The lowest BCUT2D eigenvalue weighted by Crippen LogP contribution is -2.60. The molecule has 22 heavy (non-hydrogen) atoms. The SMILES string of the molecule is COc1ccccc1OCCC1(O)CC2COCC(C1)N2C. The highest BCUT2D eigenvalue weighted by Gasteiger charge is 2.44. The van der Waals surface area contributed by atoms with Crippen LogP contribution in [0.3, 0.4) is 0 Å². The Morgan fingerprint density at radius 2 is 1.86 bits per heavy atom. The predicted octanol–water partition coefficient (Wildman–Crippen LogP) is 1.69. The topological polar surface area (TPSA) is 51.2 Å². The summed E-state index contributed by atoms with van der Waals surface area (Å²) < 4.78 is 16.7. The zero-order valence-electron chi connectivity index (χ0n) is 13.3. The van der Waals surface area contributed by atoms with E-state index in [0.29, 0.717) is 38.3 Å². The maximum Gasteiger partial charge on any atom is 0.161 e. The number of benzene rings is 1. The van der Waals surface area contributed by atoms with Crippen LogP contribution in [0.15, 0.2) is 24.3 Å². The summed E-state index contributed by atoms with van der Waals surface area (Å²) in [6.07, 6.45) is 2.12. The smallest absolute Gasteiger partial charge is 0.161 e. The molecular weight excluding hydrogens is 282 g/mol. The lowest BCUT2D eigenvalue weighted by Gasteiger charge is -2.50. The van der Waals surface area contributed by atoms with Crippen molar-refractivity contribution in [3.8, 4) is 11.5 Å². The number of methoxy groups -OCH3 is 1. The van der Waals surface area contributed by atoms with Gasteiger partial charge in [-0.15, -0.1) is 0 Å². The van der Waals surface area contributed by atoms with Crippen LogP contribution >= 0.6 is 0 Å². The van der Waals surface area contributed by atoms with Crippen molar-refractivity contribution < 1.29 is 19.3 Å². The molecule has 2 aliphatic rings. The number of likely N-dealkylation sites (N-methyl/N-ethyl adjacent to an activating group) is 1. The molecule has 0 saturated carbocycles. The lowest BCUT2D eigenvalue weighted by atomic mass is 9.79. The molecule has 0 aromatic heterocycles. The molecule has 2 saturated heterocycles. The van der Waals surface area contributed by atoms with Crippen molar-refractivity contribution in [1.82, 2.24) is 4.90 Å². The van der Waals surface area contributed by atoms with E-state index in [4.69, 9.17) is 14.2 Å². The maximum absolute atomic E-state index is 10.9. The summed E-state index contributed by atoms with van der Waals surface area (Å²) in [7, 11) is 3.76. The minimum Gasteiger partial charge on any atom is -0.493 e. The van der Waals surface area contributed by atoms with E-state index in [1.54, 1.807) is 7.11 Å². The Balaban J connectivity index is 1.57. The van der Waals surface area contributed by atoms with Gasteiger partial charge in [0.25, 0.3) is 0 Å². The molecule has 2 atom stereocenters. The molecule has 122 valence electrons. The van der Waals surface area contributed by atoms with Crippen LogP contribution < -0.4 is 9.47 Å². The monoisotopic (exact) mass is 307 g/mol. The molecule has 5 heteroatoms. The molecule has 0 aliphatic carbocycles. The molecular formula is C17H25NO4. The Morgan fingerprint density at radius 1 is 1.23 bits per heavy atom. The van der Waals surface area contributed by atoms with Gasteiger partial charge in [-0.2, -0.15) is 0 Å². The van der Waals surface area contributed by atoms with E-state index in [9.17, 15) is 5.11 Å². The largest absolute Gasteiger partial charge is 0.493 e. The zero-order valence-corrected chi connectivity index (χ0v) is 13.3. The van der Waals surface area contributed by atoms with Gasteiger partial charge in [-0.1, -0.05) is 12.1 Å². The van der Waals surface area contributed by atoms with E-state index in [2.05, 4.69) is 11.9 Å². The van der Waals surface area contributed by atoms with Crippen LogP contribution in [0.4, 0.5) is 0 Å². The molecule has 2 aliphatic heterocycles. The average Bonchev–Trinajstić information content (AvgIpc) is 2.50. The summed E-state index contributed by atoms with van der Waals surface area (Å²) in [5.41, 5.74) is -0.659. The van der Waals surface area contributed by atoms with Crippen molar-refractivity contribution in [3.63, 3.8) is 0 Å². The zero-order chi connectivity index (χ0) is 15.6. The fourth-order valence-electron chi connectivity index (χ4n) is 3.53. The normalized spacial score (nSPS) is 31.8. The summed E-state index contributed by atoms with van der Waals surface area (Å²) in [6.45, 7) is 1.91. The number of ether oxygens (including phenoxy) is 3. The van der Waals surface area contributed by atoms with Crippen molar-refractivity contribution in [1.29, 1.82) is 0 Å². The molecule has 5 nitrogen and oxygen atoms in total. The molecule has 1 aromatic rings. The summed E-state index contributed by atoms with van der Waals surface area (Å²) in [6, 6.07) is 8.22.